The number of halogens is 1. The van der Waals surface area contributed by atoms with E-state index in [0.29, 0.717) is 20.2 Å². The van der Waals surface area contributed by atoms with E-state index in [1.807, 2.05) is 24.3 Å². The van der Waals surface area contributed by atoms with Crippen LogP contribution in [0.4, 0.5) is 14.7 Å². The first-order valence-electron chi connectivity index (χ1n) is 8.71. The van der Waals surface area contributed by atoms with Crippen LogP contribution in [0.1, 0.15) is 5.56 Å². The van der Waals surface area contributed by atoms with Crippen molar-refractivity contribution in [1.29, 1.82) is 0 Å². The predicted octanol–water partition coefficient (Wildman–Crippen LogP) is 4.20. The van der Waals surface area contributed by atoms with E-state index < -0.39 is 0 Å². The monoisotopic (exact) mass is 459 g/mol. The number of thioether (sulfide) groups is 1. The molecule has 2 heterocycles. The zero-order chi connectivity index (χ0) is 20.9. The Hall–Kier alpha value is -2.89. The number of carbonyl (C=O) groups is 2. The highest BCUT2D eigenvalue weighted by atomic mass is 32.2. The maximum atomic E-state index is 12.9. The second-order valence-electron chi connectivity index (χ2n) is 6.05. The van der Waals surface area contributed by atoms with Gasteiger partial charge in [0.1, 0.15) is 5.82 Å². The van der Waals surface area contributed by atoms with Crippen molar-refractivity contribution in [3.8, 4) is 0 Å². The van der Waals surface area contributed by atoms with Gasteiger partial charge >= 0.3 is 0 Å². The maximum Gasteiger partial charge on any atom is 0.236 e. The van der Waals surface area contributed by atoms with Crippen LogP contribution in [0.25, 0.3) is 10.2 Å². The van der Waals surface area contributed by atoms with E-state index in [9.17, 15) is 14.0 Å². The van der Waals surface area contributed by atoms with Gasteiger partial charge in [0.2, 0.25) is 16.9 Å². The molecule has 0 radical (unpaired) electrons. The molecule has 0 spiro atoms. The van der Waals surface area contributed by atoms with Gasteiger partial charge in [0, 0.05) is 0 Å². The summed E-state index contributed by atoms with van der Waals surface area (Å²) >= 11 is 3.82. The third-order valence-corrected chi connectivity index (χ3v) is 6.72. The molecule has 11 heteroatoms. The molecule has 2 aromatic carbocycles. The van der Waals surface area contributed by atoms with Crippen LogP contribution in [0.5, 0.6) is 0 Å². The largest absolute Gasteiger partial charge is 0.301 e. The number of carbonyl (C=O) groups excluding carboxylic acids is 2. The van der Waals surface area contributed by atoms with E-state index in [1.54, 1.807) is 12.1 Å². The number of hydrogen-bond donors (Lipinski definition) is 2. The van der Waals surface area contributed by atoms with Gasteiger partial charge in [0.15, 0.2) is 9.47 Å². The molecular formula is C19H14FN5O2S3. The second kappa shape index (κ2) is 9.28. The standard InChI is InChI=1S/C19H14FN5O2S3/c20-12-7-5-11(6-8-12)9-15(26)22-18-24-25-19(30-18)28-10-16(27)23-17-21-13-3-1-2-4-14(13)29-17/h1-8H,9-10H2,(H,21,23,27)(H,22,24,26). The highest BCUT2D eigenvalue weighted by Gasteiger charge is 2.12. The maximum absolute atomic E-state index is 12.9. The molecule has 0 aliphatic heterocycles. The van der Waals surface area contributed by atoms with Gasteiger partial charge in [-0.3, -0.25) is 9.59 Å². The Morgan fingerprint density at radius 3 is 2.50 bits per heavy atom. The Kier molecular flexibility index (Phi) is 6.31. The first kappa shape index (κ1) is 20.4. The normalized spacial score (nSPS) is 10.8. The molecule has 152 valence electrons. The van der Waals surface area contributed by atoms with Gasteiger partial charge in [-0.2, -0.15) is 0 Å². The minimum absolute atomic E-state index is 0.104. The Morgan fingerprint density at radius 1 is 0.933 bits per heavy atom. The van der Waals surface area contributed by atoms with Crippen molar-refractivity contribution in [2.75, 3.05) is 16.4 Å². The molecule has 0 bridgehead atoms. The summed E-state index contributed by atoms with van der Waals surface area (Å²) in [6.45, 7) is 0. The van der Waals surface area contributed by atoms with Crippen molar-refractivity contribution < 1.29 is 14.0 Å². The van der Waals surface area contributed by atoms with Crippen molar-refractivity contribution in [1.82, 2.24) is 15.2 Å². The van der Waals surface area contributed by atoms with Gasteiger partial charge in [0.05, 0.1) is 22.4 Å². The highest BCUT2D eigenvalue weighted by molar-refractivity contribution is 8.01. The van der Waals surface area contributed by atoms with Crippen molar-refractivity contribution in [2.24, 2.45) is 0 Å². The molecule has 0 unspecified atom stereocenters. The van der Waals surface area contributed by atoms with E-state index in [1.165, 1.54) is 46.6 Å². The van der Waals surface area contributed by atoms with Gasteiger partial charge in [0.25, 0.3) is 0 Å². The number of amides is 2. The summed E-state index contributed by atoms with van der Waals surface area (Å²) in [4.78, 5) is 28.6. The van der Waals surface area contributed by atoms with Crippen molar-refractivity contribution in [3.63, 3.8) is 0 Å². The molecule has 2 aromatic heterocycles. The molecule has 0 saturated carbocycles. The smallest absolute Gasteiger partial charge is 0.236 e. The molecule has 7 nitrogen and oxygen atoms in total. The molecule has 2 N–H and O–H groups in total. The fourth-order valence-electron chi connectivity index (χ4n) is 2.48. The number of nitrogens with one attached hydrogen (secondary N) is 2. The molecule has 0 atom stereocenters. The zero-order valence-electron chi connectivity index (χ0n) is 15.3. The van der Waals surface area contributed by atoms with E-state index in [2.05, 4.69) is 25.8 Å². The van der Waals surface area contributed by atoms with E-state index in [-0.39, 0.29) is 29.8 Å². The number of nitrogens with zero attached hydrogens (tertiary/aromatic N) is 3. The van der Waals surface area contributed by atoms with Crippen LogP contribution in [-0.4, -0.2) is 32.7 Å². The highest BCUT2D eigenvalue weighted by Crippen LogP contribution is 2.27. The Morgan fingerprint density at radius 2 is 1.70 bits per heavy atom. The number of rotatable bonds is 7. The fourth-order valence-corrected chi connectivity index (χ4v) is 4.93. The van der Waals surface area contributed by atoms with E-state index in [0.717, 1.165) is 10.2 Å². The third-order valence-electron chi connectivity index (χ3n) is 3.80. The van der Waals surface area contributed by atoms with Crippen molar-refractivity contribution >= 4 is 66.7 Å². The lowest BCUT2D eigenvalue weighted by Gasteiger charge is -2.01. The Balaban J connectivity index is 1.26. The lowest BCUT2D eigenvalue weighted by atomic mass is 10.1. The summed E-state index contributed by atoms with van der Waals surface area (Å²) in [5.74, 6) is -0.676. The van der Waals surface area contributed by atoms with Crippen LogP contribution < -0.4 is 10.6 Å². The van der Waals surface area contributed by atoms with Crippen LogP contribution in [0, 0.1) is 5.82 Å². The molecule has 0 saturated heterocycles. The summed E-state index contributed by atoms with van der Waals surface area (Å²) in [7, 11) is 0. The van der Waals surface area contributed by atoms with Crippen LogP contribution in [-0.2, 0) is 16.0 Å². The first-order valence-corrected chi connectivity index (χ1v) is 11.3. The predicted molar refractivity (Wildman–Crippen MR) is 118 cm³/mol. The summed E-state index contributed by atoms with van der Waals surface area (Å²) in [6, 6.07) is 13.4. The number of aromatic nitrogens is 3. The molecule has 0 fully saturated rings. The third kappa shape index (κ3) is 5.38. The topological polar surface area (TPSA) is 96.9 Å². The van der Waals surface area contributed by atoms with E-state index in [4.69, 9.17) is 0 Å². The van der Waals surface area contributed by atoms with Crippen molar-refractivity contribution in [2.45, 2.75) is 10.8 Å². The first-order chi connectivity index (χ1) is 14.5. The minimum atomic E-state index is -0.350. The fraction of sp³-hybridized carbons (Fsp3) is 0.105. The lowest BCUT2D eigenvalue weighted by molar-refractivity contribution is -0.115. The number of thiazole rings is 1. The van der Waals surface area contributed by atoms with Gasteiger partial charge in [-0.05, 0) is 29.8 Å². The molecular weight excluding hydrogens is 445 g/mol. The number of fused-ring (bicyclic) bond motifs is 1. The summed E-state index contributed by atoms with van der Waals surface area (Å²) in [6.07, 6.45) is 0.104. The quantitative estimate of drug-likeness (QED) is 0.318. The minimum Gasteiger partial charge on any atom is -0.301 e. The molecule has 0 aliphatic carbocycles. The number of anilines is 2. The van der Waals surface area contributed by atoms with Gasteiger partial charge in [-0.15, -0.1) is 10.2 Å². The van der Waals surface area contributed by atoms with Crippen LogP contribution in [0.3, 0.4) is 0 Å². The van der Waals surface area contributed by atoms with E-state index >= 15 is 0 Å². The van der Waals surface area contributed by atoms with Crippen LogP contribution >= 0.6 is 34.4 Å². The number of benzene rings is 2. The Bertz CT molecular complexity index is 1160. The molecule has 30 heavy (non-hydrogen) atoms. The van der Waals surface area contributed by atoms with Gasteiger partial charge in [-0.25, -0.2) is 9.37 Å². The molecule has 2 amide bonds. The lowest BCUT2D eigenvalue weighted by Crippen LogP contribution is -2.14. The summed E-state index contributed by atoms with van der Waals surface area (Å²) in [5.41, 5.74) is 1.54. The summed E-state index contributed by atoms with van der Waals surface area (Å²) in [5, 5.41) is 14.2. The van der Waals surface area contributed by atoms with Crippen LogP contribution in [0.2, 0.25) is 0 Å². The van der Waals surface area contributed by atoms with Gasteiger partial charge in [-0.1, -0.05) is 58.7 Å². The Labute approximate surface area is 182 Å². The molecule has 0 aliphatic rings. The molecule has 4 rings (SSSR count). The SMILES string of the molecule is O=C(Cc1ccc(F)cc1)Nc1nnc(SCC(=O)Nc2nc3ccccc3s2)s1. The van der Waals surface area contributed by atoms with Gasteiger partial charge < -0.3 is 10.6 Å². The number of hydrogen-bond acceptors (Lipinski definition) is 8. The average Bonchev–Trinajstić information content (AvgIpc) is 3.34. The average molecular weight is 460 g/mol. The second-order valence-corrected chi connectivity index (χ2v) is 9.28. The van der Waals surface area contributed by atoms with Crippen molar-refractivity contribution in [3.05, 3.63) is 59.9 Å². The zero-order valence-corrected chi connectivity index (χ0v) is 17.7. The number of para-hydroxylation sites is 1. The van der Waals surface area contributed by atoms with Crippen LogP contribution in [0.15, 0.2) is 52.9 Å². The summed E-state index contributed by atoms with van der Waals surface area (Å²) < 4.78 is 14.5. The molecule has 4 aromatic rings.